The Balaban J connectivity index is 0.00000100. The zero-order valence-corrected chi connectivity index (χ0v) is 28.9. The minimum atomic E-state index is -6.09. The van der Waals surface area contributed by atoms with Crippen LogP contribution in [0.25, 0.3) is 0 Å². The molecule has 1 aliphatic heterocycles. The molecule has 280 valence electrons. The lowest BCUT2D eigenvalue weighted by molar-refractivity contribution is -0.129. The number of benzene rings is 2. The summed E-state index contributed by atoms with van der Waals surface area (Å²) in [5, 5.41) is 15.1. The summed E-state index contributed by atoms with van der Waals surface area (Å²) >= 11 is 0. The number of fused-ring (bicyclic) bond motifs is 2. The fourth-order valence-electron chi connectivity index (χ4n) is 4.18. The van der Waals surface area contributed by atoms with Crippen molar-refractivity contribution in [3.8, 4) is 0 Å². The van der Waals surface area contributed by atoms with Crippen molar-refractivity contribution < 1.29 is 54.9 Å². The molecule has 0 aliphatic carbocycles. The van der Waals surface area contributed by atoms with Gasteiger partial charge < -0.3 is 42.2 Å². The fourth-order valence-corrected chi connectivity index (χ4v) is 5.68. The first-order valence-electron chi connectivity index (χ1n) is 15.1. The van der Waals surface area contributed by atoms with Gasteiger partial charge in [-0.25, -0.2) is 8.42 Å². The Labute approximate surface area is 294 Å². The quantitative estimate of drug-likeness (QED) is 0.0799. The van der Waals surface area contributed by atoms with Gasteiger partial charge in [-0.2, -0.15) is 13.2 Å². The van der Waals surface area contributed by atoms with Crippen molar-refractivity contribution in [2.45, 2.75) is 41.5 Å². The molecule has 2 aromatic carbocycles. The third-order valence-corrected chi connectivity index (χ3v) is 9.16. The lowest BCUT2D eigenvalue weighted by Gasteiger charge is -2.19. The smallest absolute Gasteiger partial charge is 0.485 e. The van der Waals surface area contributed by atoms with Gasteiger partial charge in [0, 0.05) is 27.7 Å². The molecule has 0 fully saturated rings. The second-order valence-corrected chi connectivity index (χ2v) is 14.2. The maximum Gasteiger partial charge on any atom is 0.485 e. The van der Waals surface area contributed by atoms with Gasteiger partial charge in [-0.1, -0.05) is 24.3 Å². The van der Waals surface area contributed by atoms with Crippen molar-refractivity contribution in [1.29, 1.82) is 0 Å². The molecule has 21 heteroatoms. The van der Waals surface area contributed by atoms with Crippen LogP contribution in [0.3, 0.4) is 0 Å². The highest BCUT2D eigenvalue weighted by Gasteiger charge is 2.37. The van der Waals surface area contributed by atoms with Crippen molar-refractivity contribution in [3.63, 3.8) is 0 Å². The molecule has 2 bridgehead atoms. The predicted molar refractivity (Wildman–Crippen MR) is 179 cm³/mol. The molecule has 0 aromatic heterocycles. The number of carbonyl (C=O) groups is 6. The van der Waals surface area contributed by atoms with E-state index in [0.717, 1.165) is 10.5 Å². The standard InChI is InChI=1S/C29H37N7O6S.CHF3O3S/c1-43(21-7-3-2-4-8-21)18-19-10-11-20-13-22(19)28(41)34-16-26(39)32-14-24(37)31-15-25(38)33-17-27(40)36-23(29(42)35-20)9-5-6-12-30;2-1(3,4)8(5,6)7/h2-4,7-8,10-11,13,23H,5-6,9,12,14-18,30H2,1H3,(H5-,31,32,33,34,35,36,37,38,39,40,41,42);(H,5,6,7)/t23-,43?;/m0./s1. The summed E-state index contributed by atoms with van der Waals surface area (Å²) in [6, 6.07) is 13.9. The van der Waals surface area contributed by atoms with E-state index in [1.165, 1.54) is 6.07 Å². The zero-order valence-electron chi connectivity index (χ0n) is 27.3. The highest BCUT2D eigenvalue weighted by molar-refractivity contribution is 7.95. The Morgan fingerprint density at radius 3 is 1.88 bits per heavy atom. The zero-order chi connectivity index (χ0) is 38.2. The van der Waals surface area contributed by atoms with Crippen LogP contribution in [0.5, 0.6) is 0 Å². The first kappa shape index (κ1) is 42.4. The summed E-state index contributed by atoms with van der Waals surface area (Å²) in [6.07, 6.45) is 3.58. The first-order chi connectivity index (χ1) is 23.9. The third kappa shape index (κ3) is 15.4. The molecule has 3 rings (SSSR count). The third-order valence-electron chi connectivity index (χ3n) is 6.77. The van der Waals surface area contributed by atoms with Crippen LogP contribution in [-0.2, 0) is 50.7 Å². The second kappa shape index (κ2) is 20.2. The highest BCUT2D eigenvalue weighted by Crippen LogP contribution is 2.23. The molecule has 0 radical (unpaired) electrons. The topological polar surface area (TPSA) is 258 Å². The Morgan fingerprint density at radius 1 is 0.824 bits per heavy atom. The largest absolute Gasteiger partial charge is 0.741 e. The Bertz CT molecular complexity index is 1660. The fraction of sp³-hybridized carbons (Fsp3) is 0.400. The normalized spacial score (nSPS) is 17.6. The molecule has 51 heavy (non-hydrogen) atoms. The van der Waals surface area contributed by atoms with Crippen LogP contribution in [0, 0.1) is 0 Å². The van der Waals surface area contributed by atoms with E-state index in [2.05, 4.69) is 38.2 Å². The van der Waals surface area contributed by atoms with E-state index < -0.39 is 83.3 Å². The minimum absolute atomic E-state index is 0.247. The number of hydrogen-bond acceptors (Lipinski definition) is 10. The molecular weight excluding hydrogens is 723 g/mol. The lowest BCUT2D eigenvalue weighted by atomic mass is 10.1. The molecule has 0 spiro atoms. The van der Waals surface area contributed by atoms with Gasteiger partial charge in [-0.15, -0.1) is 0 Å². The monoisotopic (exact) mass is 761 g/mol. The first-order valence-corrected chi connectivity index (χ1v) is 18.3. The number of nitrogens with one attached hydrogen (secondary N) is 6. The Hall–Kier alpha value is -4.73. The Morgan fingerprint density at radius 2 is 1.35 bits per heavy atom. The summed E-state index contributed by atoms with van der Waals surface area (Å²) in [6.45, 7) is -1.21. The number of alkyl halides is 3. The van der Waals surface area contributed by atoms with Crippen LogP contribution in [0.4, 0.5) is 18.9 Å². The van der Waals surface area contributed by atoms with E-state index >= 15 is 0 Å². The molecular formula is C30H38F3N7O9S2. The number of anilines is 1. The lowest BCUT2D eigenvalue weighted by Crippen LogP contribution is -2.49. The maximum atomic E-state index is 13.3. The van der Waals surface area contributed by atoms with Crippen molar-refractivity contribution in [1.82, 2.24) is 26.6 Å². The molecule has 6 amide bonds. The number of unbranched alkanes of at least 4 members (excludes halogenated alkanes) is 1. The second-order valence-electron chi connectivity index (χ2n) is 10.8. The molecule has 2 atom stereocenters. The van der Waals surface area contributed by atoms with Gasteiger partial charge in [-0.3, -0.25) is 28.8 Å². The van der Waals surface area contributed by atoms with E-state index in [1.54, 1.807) is 12.1 Å². The molecule has 0 saturated heterocycles. The van der Waals surface area contributed by atoms with Crippen LogP contribution >= 0.6 is 0 Å². The summed E-state index contributed by atoms with van der Waals surface area (Å²) in [4.78, 5) is 76.7. The van der Waals surface area contributed by atoms with E-state index in [0.29, 0.717) is 37.2 Å². The van der Waals surface area contributed by atoms with Gasteiger partial charge in [0.1, 0.15) is 18.1 Å². The van der Waals surface area contributed by atoms with Crippen LogP contribution in [-0.4, -0.2) is 98.9 Å². The number of halogens is 3. The van der Waals surface area contributed by atoms with Gasteiger partial charge in [0.05, 0.1) is 26.2 Å². The van der Waals surface area contributed by atoms with Gasteiger partial charge in [0.15, 0.2) is 15.0 Å². The molecule has 2 aromatic rings. The predicted octanol–water partition coefficient (Wildman–Crippen LogP) is -0.810. The summed E-state index contributed by atoms with van der Waals surface area (Å²) < 4.78 is 58.9. The number of amides is 6. The van der Waals surface area contributed by atoms with Gasteiger partial charge >= 0.3 is 5.51 Å². The van der Waals surface area contributed by atoms with Gasteiger partial charge in [0.25, 0.3) is 5.91 Å². The number of nitrogens with two attached hydrogens (primary N) is 1. The van der Waals surface area contributed by atoms with Gasteiger partial charge in [-0.05, 0) is 50.1 Å². The summed E-state index contributed by atoms with van der Waals surface area (Å²) in [5.74, 6) is -2.96. The van der Waals surface area contributed by atoms with E-state index in [1.807, 2.05) is 30.3 Å². The van der Waals surface area contributed by atoms with E-state index in [4.69, 9.17) is 18.7 Å². The Kier molecular flexibility index (Phi) is 16.8. The number of hydrogen-bond donors (Lipinski definition) is 7. The van der Waals surface area contributed by atoms with Crippen molar-refractivity contribution in [2.24, 2.45) is 5.73 Å². The number of rotatable bonds is 7. The highest BCUT2D eigenvalue weighted by atomic mass is 32.2. The van der Waals surface area contributed by atoms with Crippen molar-refractivity contribution >= 4 is 62.1 Å². The van der Waals surface area contributed by atoms with Gasteiger partial charge in [0.2, 0.25) is 29.5 Å². The van der Waals surface area contributed by atoms with Crippen LogP contribution in [0.1, 0.15) is 35.2 Å². The van der Waals surface area contributed by atoms with Crippen molar-refractivity contribution in [2.75, 3.05) is 44.3 Å². The molecule has 1 unspecified atom stereocenters. The molecule has 16 nitrogen and oxygen atoms in total. The minimum Gasteiger partial charge on any atom is -0.741 e. The van der Waals surface area contributed by atoms with E-state index in [9.17, 15) is 41.9 Å². The number of carbonyl (C=O) groups excluding carboxylic acids is 6. The molecule has 8 N–H and O–H groups in total. The van der Waals surface area contributed by atoms with Crippen LogP contribution in [0.2, 0.25) is 0 Å². The average molecular weight is 762 g/mol. The molecule has 0 saturated carbocycles. The SMILES string of the molecule is C[S+](Cc1ccc2cc1C(=O)NCC(=O)NCC(=O)NCC(=O)NCC(=O)N[C@@H](CCCCN)C(=O)N2)c1ccccc1.O=S(=O)([O-])C(F)(F)F. The molecule has 1 aliphatic rings. The van der Waals surface area contributed by atoms with Crippen molar-refractivity contribution in [3.05, 3.63) is 59.7 Å². The van der Waals surface area contributed by atoms with E-state index in [-0.39, 0.29) is 16.5 Å². The van der Waals surface area contributed by atoms with Crippen LogP contribution < -0.4 is 37.6 Å². The summed E-state index contributed by atoms with van der Waals surface area (Å²) in [5.41, 5.74) is 1.28. The summed E-state index contributed by atoms with van der Waals surface area (Å²) in [7, 11) is -6.34. The maximum absolute atomic E-state index is 13.3. The molecule has 1 heterocycles. The average Bonchev–Trinajstić information content (AvgIpc) is 3.07. The van der Waals surface area contributed by atoms with Crippen LogP contribution in [0.15, 0.2) is 53.4 Å².